The van der Waals surface area contributed by atoms with Crippen molar-refractivity contribution in [2.24, 2.45) is 11.8 Å². The van der Waals surface area contributed by atoms with Crippen molar-refractivity contribution in [3.63, 3.8) is 0 Å². The van der Waals surface area contributed by atoms with Gasteiger partial charge in [-0.15, -0.1) is 0 Å². The smallest absolute Gasteiger partial charge is 0.329 e. The molecule has 1 N–H and O–H groups in total. The molecule has 2 aliphatic carbocycles. The number of hydrogen-bond acceptors (Lipinski definition) is 11. The summed E-state index contributed by atoms with van der Waals surface area (Å²) in [5.74, 6) is -3.39. The zero-order valence-corrected chi connectivity index (χ0v) is 24.4. The third-order valence-electron chi connectivity index (χ3n) is 8.15. The summed E-state index contributed by atoms with van der Waals surface area (Å²) in [5, 5.41) is 2.63. The van der Waals surface area contributed by atoms with Gasteiger partial charge in [-0.05, 0) is 51.9 Å². The lowest BCUT2D eigenvalue weighted by Gasteiger charge is -2.31. The van der Waals surface area contributed by atoms with Gasteiger partial charge in [-0.3, -0.25) is 19.2 Å². The minimum Gasteiger partial charge on any atom is -0.493 e. The molecule has 12 heteroatoms. The predicted molar refractivity (Wildman–Crippen MR) is 146 cm³/mol. The molecule has 4 rings (SSSR count). The Morgan fingerprint density at radius 2 is 1.52 bits per heavy atom. The first-order chi connectivity index (χ1) is 20.2. The summed E-state index contributed by atoms with van der Waals surface area (Å²) in [5.41, 5.74) is -0.239. The van der Waals surface area contributed by atoms with E-state index in [-0.39, 0.29) is 47.4 Å². The third-order valence-corrected chi connectivity index (χ3v) is 8.15. The van der Waals surface area contributed by atoms with Gasteiger partial charge in [0.05, 0.1) is 18.9 Å². The van der Waals surface area contributed by atoms with Crippen LogP contribution in [-0.2, 0) is 33.4 Å². The molecule has 1 saturated heterocycles. The molecule has 4 atom stereocenters. The third kappa shape index (κ3) is 7.77. The standard InChI is InChI=1S/C30H40N2O10/c1-17-25(42-29(36)20-11-6-7-12-20)23(41-28(35)19-9-4-5-10-19)14-8-13-21(30(37)39-17)32-27(34)24-26(40-18(2)33)22(38-3)15-16-31-24/h15-17,19-21,23,25H,4-14H2,1-3H3,(H,32,34)/t17-,21-,23-,25-/m0/s1. The molecule has 2 heterocycles. The topological polar surface area (TPSA) is 156 Å². The van der Waals surface area contributed by atoms with E-state index in [0.717, 1.165) is 51.4 Å². The van der Waals surface area contributed by atoms with E-state index in [4.69, 9.17) is 23.7 Å². The van der Waals surface area contributed by atoms with Gasteiger partial charge in [0, 0.05) is 19.2 Å². The number of pyridine rings is 1. The minimum atomic E-state index is -1.09. The molecule has 1 amide bonds. The van der Waals surface area contributed by atoms with Crippen LogP contribution in [0.1, 0.15) is 95.0 Å². The predicted octanol–water partition coefficient (Wildman–Crippen LogP) is 3.43. The van der Waals surface area contributed by atoms with Crippen LogP contribution in [0, 0.1) is 11.8 Å². The SMILES string of the molecule is COc1ccnc(C(=O)N[C@H]2CCC[C@H](OC(=O)C3CCCC3)[C@@H](OC(=O)C3CCCC3)[C@H](C)OC2=O)c1OC(C)=O. The summed E-state index contributed by atoms with van der Waals surface area (Å²) in [4.78, 5) is 68.3. The van der Waals surface area contributed by atoms with Crippen LogP contribution >= 0.6 is 0 Å². The van der Waals surface area contributed by atoms with Gasteiger partial charge in [-0.1, -0.05) is 25.7 Å². The Morgan fingerprint density at radius 1 is 0.905 bits per heavy atom. The first kappa shape index (κ1) is 31.2. The zero-order chi connectivity index (χ0) is 30.2. The lowest BCUT2D eigenvalue weighted by molar-refractivity contribution is -0.188. The summed E-state index contributed by atoms with van der Waals surface area (Å²) < 4.78 is 28.0. The molecular weight excluding hydrogens is 548 g/mol. The second-order valence-corrected chi connectivity index (χ2v) is 11.2. The number of aromatic nitrogens is 1. The number of carbonyl (C=O) groups is 5. The first-order valence-corrected chi connectivity index (χ1v) is 14.8. The summed E-state index contributed by atoms with van der Waals surface area (Å²) in [6.07, 6.45) is 6.15. The number of hydrogen-bond donors (Lipinski definition) is 1. The Hall–Kier alpha value is -3.70. The van der Waals surface area contributed by atoms with Gasteiger partial charge in [0.2, 0.25) is 5.75 Å². The Balaban J connectivity index is 1.52. The van der Waals surface area contributed by atoms with Crippen molar-refractivity contribution >= 4 is 29.8 Å². The number of esters is 4. The number of cyclic esters (lactones) is 1. The fourth-order valence-electron chi connectivity index (χ4n) is 5.89. The van der Waals surface area contributed by atoms with E-state index >= 15 is 0 Å². The molecule has 0 aromatic carbocycles. The van der Waals surface area contributed by atoms with Gasteiger partial charge in [-0.2, -0.15) is 0 Å². The maximum Gasteiger partial charge on any atom is 0.329 e. The van der Waals surface area contributed by atoms with E-state index in [9.17, 15) is 24.0 Å². The summed E-state index contributed by atoms with van der Waals surface area (Å²) in [6, 6.07) is 0.346. The fraction of sp³-hybridized carbons (Fsp3) is 0.667. The van der Waals surface area contributed by atoms with Gasteiger partial charge in [-0.25, -0.2) is 9.78 Å². The number of ether oxygens (including phenoxy) is 5. The van der Waals surface area contributed by atoms with Crippen molar-refractivity contribution in [3.05, 3.63) is 18.0 Å². The molecule has 1 aromatic rings. The number of carbonyl (C=O) groups excluding carboxylic acids is 5. The highest BCUT2D eigenvalue weighted by atomic mass is 16.6. The molecule has 2 saturated carbocycles. The van der Waals surface area contributed by atoms with Gasteiger partial charge < -0.3 is 29.0 Å². The van der Waals surface area contributed by atoms with E-state index in [0.29, 0.717) is 12.8 Å². The Morgan fingerprint density at radius 3 is 2.12 bits per heavy atom. The van der Waals surface area contributed by atoms with Crippen molar-refractivity contribution in [1.82, 2.24) is 10.3 Å². The van der Waals surface area contributed by atoms with Crippen LogP contribution < -0.4 is 14.8 Å². The van der Waals surface area contributed by atoms with Crippen LogP contribution in [0.4, 0.5) is 0 Å². The van der Waals surface area contributed by atoms with Gasteiger partial charge in [0.1, 0.15) is 18.2 Å². The lowest BCUT2D eigenvalue weighted by atomic mass is 10.0. The van der Waals surface area contributed by atoms with E-state index in [1.165, 1.54) is 26.3 Å². The highest BCUT2D eigenvalue weighted by Gasteiger charge is 2.41. The average molecular weight is 589 g/mol. The minimum absolute atomic E-state index is 0.120. The molecule has 3 fully saturated rings. The number of nitrogens with one attached hydrogen (secondary N) is 1. The molecule has 0 bridgehead atoms. The number of methoxy groups -OCH3 is 1. The van der Waals surface area contributed by atoms with E-state index in [1.807, 2.05) is 0 Å². The molecule has 0 unspecified atom stereocenters. The Bertz CT molecular complexity index is 1160. The zero-order valence-electron chi connectivity index (χ0n) is 24.4. The normalized spacial score (nSPS) is 25.4. The van der Waals surface area contributed by atoms with Crippen LogP contribution in [-0.4, -0.2) is 66.2 Å². The second-order valence-electron chi connectivity index (χ2n) is 11.2. The molecule has 1 aromatic heterocycles. The van der Waals surface area contributed by atoms with Crippen LogP contribution in [0.3, 0.4) is 0 Å². The van der Waals surface area contributed by atoms with Gasteiger partial charge in [0.25, 0.3) is 5.91 Å². The van der Waals surface area contributed by atoms with Crippen LogP contribution in [0.5, 0.6) is 11.5 Å². The molecule has 12 nitrogen and oxygen atoms in total. The maximum absolute atomic E-state index is 13.3. The molecule has 230 valence electrons. The molecule has 3 aliphatic rings. The lowest BCUT2D eigenvalue weighted by Crippen LogP contribution is -2.47. The maximum atomic E-state index is 13.3. The molecule has 42 heavy (non-hydrogen) atoms. The van der Waals surface area contributed by atoms with Gasteiger partial charge in [0.15, 0.2) is 17.5 Å². The molecular formula is C30H40N2O10. The molecule has 1 aliphatic heterocycles. The number of amides is 1. The largest absolute Gasteiger partial charge is 0.493 e. The quantitative estimate of drug-likeness (QED) is 0.350. The van der Waals surface area contributed by atoms with E-state index < -0.39 is 42.2 Å². The Labute approximate surface area is 245 Å². The average Bonchev–Trinajstić information content (AvgIpc) is 3.69. The number of rotatable bonds is 8. The van der Waals surface area contributed by atoms with Crippen LogP contribution in [0.2, 0.25) is 0 Å². The second kappa shape index (κ2) is 14.5. The van der Waals surface area contributed by atoms with E-state index in [1.54, 1.807) is 6.92 Å². The fourth-order valence-corrected chi connectivity index (χ4v) is 5.89. The van der Waals surface area contributed by atoms with Crippen molar-refractivity contribution in [2.75, 3.05) is 7.11 Å². The summed E-state index contributed by atoms with van der Waals surface area (Å²) in [6.45, 7) is 2.77. The monoisotopic (exact) mass is 588 g/mol. The molecule has 0 radical (unpaired) electrons. The van der Waals surface area contributed by atoms with Crippen LogP contribution in [0.15, 0.2) is 12.3 Å². The van der Waals surface area contributed by atoms with Gasteiger partial charge >= 0.3 is 23.9 Å². The number of nitrogens with zero attached hydrogens (tertiary/aromatic N) is 1. The summed E-state index contributed by atoms with van der Waals surface area (Å²) in [7, 11) is 1.35. The van der Waals surface area contributed by atoms with Crippen molar-refractivity contribution in [3.8, 4) is 11.5 Å². The Kier molecular flexibility index (Phi) is 10.8. The van der Waals surface area contributed by atoms with Crippen molar-refractivity contribution in [1.29, 1.82) is 0 Å². The van der Waals surface area contributed by atoms with Crippen molar-refractivity contribution in [2.45, 2.75) is 109 Å². The first-order valence-electron chi connectivity index (χ1n) is 14.8. The van der Waals surface area contributed by atoms with Crippen LogP contribution in [0.25, 0.3) is 0 Å². The highest BCUT2D eigenvalue weighted by Crippen LogP contribution is 2.32. The van der Waals surface area contributed by atoms with E-state index in [2.05, 4.69) is 10.3 Å². The summed E-state index contributed by atoms with van der Waals surface area (Å²) >= 11 is 0. The molecule has 0 spiro atoms. The highest BCUT2D eigenvalue weighted by molar-refractivity contribution is 5.98. The van der Waals surface area contributed by atoms with Crippen molar-refractivity contribution < 1.29 is 47.7 Å².